The molecule has 2 aliphatic heterocycles. The average molecular weight is 444 g/mol. The smallest absolute Gasteiger partial charge is 0.265 e. The first-order valence-corrected chi connectivity index (χ1v) is 11.7. The molecule has 0 saturated heterocycles. The Hall–Kier alpha value is -3.39. The Labute approximate surface area is 188 Å². The lowest BCUT2D eigenvalue weighted by atomic mass is 10.1. The summed E-state index contributed by atoms with van der Waals surface area (Å²) in [6.45, 7) is 2.07. The third-order valence-corrected chi connectivity index (χ3v) is 7.36. The van der Waals surface area contributed by atoms with Crippen LogP contribution in [0.4, 0.5) is 5.69 Å². The Morgan fingerprint density at radius 1 is 1.12 bits per heavy atom. The molecule has 0 spiro atoms. The maximum absolute atomic E-state index is 13.4. The molecular weight excluding hydrogens is 422 g/mol. The van der Waals surface area contributed by atoms with E-state index in [9.17, 15) is 9.59 Å². The van der Waals surface area contributed by atoms with E-state index in [1.807, 2.05) is 53.4 Å². The summed E-state index contributed by atoms with van der Waals surface area (Å²) in [5.41, 5.74) is 3.46. The summed E-state index contributed by atoms with van der Waals surface area (Å²) in [5.74, 6) is 0.705. The van der Waals surface area contributed by atoms with E-state index in [1.165, 1.54) is 17.3 Å². The first-order chi connectivity index (χ1) is 15.6. The Balaban J connectivity index is 1.34. The van der Waals surface area contributed by atoms with Crippen LogP contribution in [0.3, 0.4) is 0 Å². The second-order valence-electron chi connectivity index (χ2n) is 8.31. The molecule has 0 saturated carbocycles. The van der Waals surface area contributed by atoms with Gasteiger partial charge in [0.1, 0.15) is 5.39 Å². The fourth-order valence-corrected chi connectivity index (χ4v) is 5.91. The van der Waals surface area contributed by atoms with Gasteiger partial charge in [0.25, 0.3) is 5.56 Å². The number of rotatable bonds is 3. The normalized spacial score (nSPS) is 19.3. The number of thioether (sulfide) groups is 1. The van der Waals surface area contributed by atoms with Crippen molar-refractivity contribution < 1.29 is 4.79 Å². The van der Waals surface area contributed by atoms with Gasteiger partial charge in [-0.15, -0.1) is 0 Å². The zero-order valence-corrected chi connectivity index (χ0v) is 18.3. The lowest BCUT2D eigenvalue weighted by Gasteiger charge is -2.24. The standard InChI is InChI=1S/C24H21N5O2S/c1-15-11-16-7-5-6-10-20(16)27(15)21(30)12-18-14-32-24-26-22-19(23(31)28(18)24)13-25-29(22)17-8-3-2-4-9-17/h2-10,13,15,18H,11-12,14H2,1H3/t15-,18+/m0/s1. The molecule has 160 valence electrons. The second kappa shape index (κ2) is 7.34. The topological polar surface area (TPSA) is 73.0 Å². The van der Waals surface area contributed by atoms with E-state index in [1.54, 1.807) is 15.4 Å². The molecule has 0 radical (unpaired) electrons. The van der Waals surface area contributed by atoms with Gasteiger partial charge in [0, 0.05) is 23.9 Å². The molecule has 2 aliphatic rings. The molecule has 0 aliphatic carbocycles. The summed E-state index contributed by atoms with van der Waals surface area (Å²) in [6.07, 6.45) is 2.71. The third kappa shape index (κ3) is 2.90. The average Bonchev–Trinajstić information content (AvgIpc) is 3.49. The molecule has 0 N–H and O–H groups in total. The zero-order valence-electron chi connectivity index (χ0n) is 17.5. The maximum Gasteiger partial charge on any atom is 0.265 e. The highest BCUT2D eigenvalue weighted by Crippen LogP contribution is 2.37. The van der Waals surface area contributed by atoms with Gasteiger partial charge in [-0.25, -0.2) is 9.67 Å². The summed E-state index contributed by atoms with van der Waals surface area (Å²) >= 11 is 1.52. The van der Waals surface area contributed by atoms with Crippen molar-refractivity contribution >= 4 is 34.4 Å². The largest absolute Gasteiger partial charge is 0.309 e. The Morgan fingerprint density at radius 2 is 1.91 bits per heavy atom. The SMILES string of the molecule is C[C@H]1Cc2ccccc2N1C(=O)C[C@@H]1CSc2nc3c(cnn3-c3ccccc3)c(=O)n21. The van der Waals surface area contributed by atoms with Crippen LogP contribution in [0, 0.1) is 0 Å². The van der Waals surface area contributed by atoms with Gasteiger partial charge in [-0.2, -0.15) is 5.10 Å². The van der Waals surface area contributed by atoms with Crippen molar-refractivity contribution in [1.82, 2.24) is 19.3 Å². The Kier molecular flexibility index (Phi) is 4.43. The minimum Gasteiger partial charge on any atom is -0.309 e. The number of para-hydroxylation sites is 2. The molecule has 32 heavy (non-hydrogen) atoms. The first kappa shape index (κ1) is 19.3. The lowest BCUT2D eigenvalue weighted by molar-refractivity contribution is -0.119. The molecule has 0 bridgehead atoms. The molecular formula is C24H21N5O2S. The number of anilines is 1. The van der Waals surface area contributed by atoms with Gasteiger partial charge in [-0.05, 0) is 37.1 Å². The number of aromatic nitrogens is 4. The van der Waals surface area contributed by atoms with Gasteiger partial charge in [0.15, 0.2) is 10.8 Å². The van der Waals surface area contributed by atoms with E-state index >= 15 is 0 Å². The highest BCUT2D eigenvalue weighted by atomic mass is 32.2. The number of carbonyl (C=O) groups excluding carboxylic acids is 1. The predicted molar refractivity (Wildman–Crippen MR) is 125 cm³/mol. The number of nitrogens with zero attached hydrogens (tertiary/aromatic N) is 5. The number of carbonyl (C=O) groups is 1. The Bertz CT molecular complexity index is 1410. The van der Waals surface area contributed by atoms with E-state index in [0.29, 0.717) is 21.9 Å². The van der Waals surface area contributed by atoms with E-state index in [-0.39, 0.29) is 30.0 Å². The third-order valence-electron chi connectivity index (χ3n) is 6.26. The highest BCUT2D eigenvalue weighted by Gasteiger charge is 2.35. The molecule has 4 heterocycles. The summed E-state index contributed by atoms with van der Waals surface area (Å²) in [6, 6.07) is 17.6. The van der Waals surface area contributed by atoms with Gasteiger partial charge in [-0.1, -0.05) is 48.2 Å². The predicted octanol–water partition coefficient (Wildman–Crippen LogP) is 3.60. The minimum absolute atomic E-state index is 0.0490. The van der Waals surface area contributed by atoms with Crippen LogP contribution in [0.1, 0.15) is 24.9 Å². The number of fused-ring (bicyclic) bond motifs is 3. The summed E-state index contributed by atoms with van der Waals surface area (Å²) in [4.78, 5) is 33.3. The molecule has 0 fully saturated rings. The second-order valence-corrected chi connectivity index (χ2v) is 9.30. The van der Waals surface area contributed by atoms with Crippen molar-refractivity contribution in [2.24, 2.45) is 0 Å². The molecule has 1 amide bonds. The van der Waals surface area contributed by atoms with Gasteiger partial charge in [-0.3, -0.25) is 14.2 Å². The van der Waals surface area contributed by atoms with Crippen LogP contribution >= 0.6 is 11.8 Å². The van der Waals surface area contributed by atoms with Crippen molar-refractivity contribution in [3.05, 3.63) is 76.7 Å². The number of benzene rings is 2. The van der Waals surface area contributed by atoms with Crippen molar-refractivity contribution in [1.29, 1.82) is 0 Å². The molecule has 2 aromatic heterocycles. The van der Waals surface area contributed by atoms with E-state index in [0.717, 1.165) is 17.8 Å². The molecule has 8 heteroatoms. The van der Waals surface area contributed by atoms with Gasteiger partial charge < -0.3 is 4.90 Å². The minimum atomic E-state index is -0.216. The van der Waals surface area contributed by atoms with Crippen molar-refractivity contribution in [3.8, 4) is 5.69 Å². The summed E-state index contributed by atoms with van der Waals surface area (Å²) in [5, 5.41) is 5.52. The van der Waals surface area contributed by atoms with Gasteiger partial charge in [0.2, 0.25) is 5.91 Å². The van der Waals surface area contributed by atoms with Crippen LogP contribution < -0.4 is 10.5 Å². The number of amides is 1. The fraction of sp³-hybridized carbons (Fsp3) is 0.250. The van der Waals surface area contributed by atoms with Gasteiger partial charge in [0.05, 0.1) is 17.9 Å². The van der Waals surface area contributed by atoms with Crippen LogP contribution in [-0.4, -0.2) is 37.0 Å². The molecule has 4 aromatic rings. The molecule has 2 aromatic carbocycles. The highest BCUT2D eigenvalue weighted by molar-refractivity contribution is 7.99. The van der Waals surface area contributed by atoms with Crippen molar-refractivity contribution in [2.75, 3.05) is 10.7 Å². The summed E-state index contributed by atoms with van der Waals surface area (Å²) in [7, 11) is 0. The zero-order chi connectivity index (χ0) is 21.8. The first-order valence-electron chi connectivity index (χ1n) is 10.7. The molecule has 6 rings (SSSR count). The number of hydrogen-bond donors (Lipinski definition) is 0. The van der Waals surface area contributed by atoms with Crippen LogP contribution in [0.15, 0.2) is 70.7 Å². The maximum atomic E-state index is 13.4. The fourth-order valence-electron chi connectivity index (χ4n) is 4.78. The van der Waals surface area contributed by atoms with Gasteiger partial charge >= 0.3 is 0 Å². The van der Waals surface area contributed by atoms with Crippen molar-refractivity contribution in [3.63, 3.8) is 0 Å². The lowest BCUT2D eigenvalue weighted by Crippen LogP contribution is -2.38. The molecule has 7 nitrogen and oxygen atoms in total. The molecule has 2 atom stereocenters. The quantitative estimate of drug-likeness (QED) is 0.453. The van der Waals surface area contributed by atoms with E-state index in [4.69, 9.17) is 4.98 Å². The van der Waals surface area contributed by atoms with E-state index in [2.05, 4.69) is 18.1 Å². The van der Waals surface area contributed by atoms with Crippen molar-refractivity contribution in [2.45, 2.75) is 37.0 Å². The monoisotopic (exact) mass is 443 g/mol. The van der Waals surface area contributed by atoms with Crippen LogP contribution in [0.5, 0.6) is 0 Å². The Morgan fingerprint density at radius 3 is 2.75 bits per heavy atom. The summed E-state index contributed by atoms with van der Waals surface area (Å²) < 4.78 is 3.38. The van der Waals surface area contributed by atoms with Crippen LogP contribution in [-0.2, 0) is 11.2 Å². The van der Waals surface area contributed by atoms with E-state index < -0.39 is 0 Å². The number of hydrogen-bond acceptors (Lipinski definition) is 5. The molecule has 0 unspecified atom stereocenters. The van der Waals surface area contributed by atoms with Crippen LogP contribution in [0.25, 0.3) is 16.7 Å². The van der Waals surface area contributed by atoms with Crippen LogP contribution in [0.2, 0.25) is 0 Å².